The van der Waals surface area contributed by atoms with Crippen LogP contribution in [0.3, 0.4) is 0 Å². The lowest BCUT2D eigenvalue weighted by Gasteiger charge is -2.38. The van der Waals surface area contributed by atoms with Crippen molar-refractivity contribution in [3.8, 4) is 0 Å². The topological polar surface area (TPSA) is 69.6 Å². The van der Waals surface area contributed by atoms with E-state index in [1.165, 1.54) is 6.92 Å². The lowest BCUT2D eigenvalue weighted by Crippen LogP contribution is -2.56. The Morgan fingerprint density at radius 3 is 2.24 bits per heavy atom. The van der Waals surface area contributed by atoms with Gasteiger partial charge in [-0.2, -0.15) is 13.2 Å². The molecule has 0 radical (unpaired) electrons. The van der Waals surface area contributed by atoms with Crippen LogP contribution in [0.1, 0.15) is 45.4 Å². The Bertz CT molecular complexity index is 379. The number of hydrogen-bond donors (Lipinski definition) is 2. The number of carboxylic acids is 1. The number of carbonyl (C=O) groups is 2. The van der Waals surface area contributed by atoms with Crippen LogP contribution in [0.5, 0.6) is 0 Å². The molecule has 0 heterocycles. The second kappa shape index (κ2) is 7.00. The molecule has 0 bridgehead atoms. The number of aliphatic carboxylic acids is 1. The summed E-state index contributed by atoms with van der Waals surface area (Å²) in [7, 11) is 0. The van der Waals surface area contributed by atoms with E-state index in [1.54, 1.807) is 0 Å². The number of alkyl halides is 3. The Morgan fingerprint density at radius 1 is 1.24 bits per heavy atom. The first kappa shape index (κ1) is 17.6. The molecule has 1 rings (SSSR count). The molecule has 0 atom stereocenters. The largest absolute Gasteiger partial charge is 0.481 e. The van der Waals surface area contributed by atoms with Crippen LogP contribution in [0, 0.1) is 0 Å². The summed E-state index contributed by atoms with van der Waals surface area (Å²) in [6.45, 7) is 0.0308. The van der Waals surface area contributed by atoms with Crippen LogP contribution in [0.4, 0.5) is 18.0 Å². The molecule has 5 nitrogen and oxygen atoms in total. The van der Waals surface area contributed by atoms with Crippen molar-refractivity contribution in [1.29, 1.82) is 0 Å². The highest BCUT2D eigenvalue weighted by Gasteiger charge is 2.39. The van der Waals surface area contributed by atoms with Gasteiger partial charge < -0.3 is 15.3 Å². The van der Waals surface area contributed by atoms with Crippen molar-refractivity contribution in [2.45, 2.75) is 57.2 Å². The second-order valence-electron chi connectivity index (χ2n) is 5.47. The van der Waals surface area contributed by atoms with E-state index in [0.29, 0.717) is 17.7 Å². The molecule has 0 saturated heterocycles. The number of nitrogens with zero attached hydrogens (tertiary/aromatic N) is 1. The Kier molecular flexibility index (Phi) is 5.86. The summed E-state index contributed by atoms with van der Waals surface area (Å²) in [6.07, 6.45) is -1.30. The maximum atomic E-state index is 12.4. The molecule has 1 aliphatic rings. The number of amides is 2. The zero-order valence-corrected chi connectivity index (χ0v) is 12.0. The average Bonchev–Trinajstić information content (AvgIpc) is 2.34. The van der Waals surface area contributed by atoms with Crippen LogP contribution in [-0.4, -0.2) is 46.8 Å². The summed E-state index contributed by atoms with van der Waals surface area (Å²) < 4.78 is 37.3. The monoisotopic (exact) mass is 310 g/mol. The SMILES string of the molecule is CCN(CC(F)(F)F)C(=O)NC1(CC(=O)O)CCCCC1. The normalized spacial score (nSPS) is 18.1. The van der Waals surface area contributed by atoms with Gasteiger partial charge in [0.2, 0.25) is 0 Å². The molecule has 1 aliphatic carbocycles. The van der Waals surface area contributed by atoms with Gasteiger partial charge >= 0.3 is 18.2 Å². The first-order chi connectivity index (χ1) is 9.67. The fraction of sp³-hybridized carbons (Fsp3) is 0.846. The molecule has 21 heavy (non-hydrogen) atoms. The Labute approximate surface area is 121 Å². The number of rotatable bonds is 5. The molecule has 0 aromatic heterocycles. The fourth-order valence-corrected chi connectivity index (χ4v) is 2.71. The smallest absolute Gasteiger partial charge is 0.406 e. The van der Waals surface area contributed by atoms with Gasteiger partial charge in [-0.15, -0.1) is 0 Å². The molecule has 2 amide bonds. The third kappa shape index (κ3) is 5.81. The van der Waals surface area contributed by atoms with Gasteiger partial charge in [0, 0.05) is 6.54 Å². The van der Waals surface area contributed by atoms with Gasteiger partial charge in [0.05, 0.1) is 12.0 Å². The minimum absolute atomic E-state index is 0.0888. The zero-order chi connectivity index (χ0) is 16.1. The molecule has 0 aromatic carbocycles. The van der Waals surface area contributed by atoms with Gasteiger partial charge in [0.1, 0.15) is 6.54 Å². The van der Waals surface area contributed by atoms with Crippen LogP contribution < -0.4 is 5.32 Å². The van der Waals surface area contributed by atoms with Crippen LogP contribution in [-0.2, 0) is 4.79 Å². The summed E-state index contributed by atoms with van der Waals surface area (Å²) in [5, 5.41) is 11.5. The number of urea groups is 1. The molecule has 0 aromatic rings. The lowest BCUT2D eigenvalue weighted by molar-refractivity contribution is -0.141. The Hall–Kier alpha value is -1.47. The maximum absolute atomic E-state index is 12.4. The molecule has 0 spiro atoms. The van der Waals surface area contributed by atoms with Gasteiger partial charge in [-0.1, -0.05) is 19.3 Å². The molecule has 1 saturated carbocycles. The van der Waals surface area contributed by atoms with Crippen molar-refractivity contribution in [1.82, 2.24) is 10.2 Å². The van der Waals surface area contributed by atoms with Crippen molar-refractivity contribution >= 4 is 12.0 Å². The van der Waals surface area contributed by atoms with E-state index >= 15 is 0 Å². The minimum Gasteiger partial charge on any atom is -0.481 e. The van der Waals surface area contributed by atoms with Crippen LogP contribution >= 0.6 is 0 Å². The van der Waals surface area contributed by atoms with Crippen molar-refractivity contribution in [2.75, 3.05) is 13.1 Å². The Balaban J connectivity index is 2.76. The van der Waals surface area contributed by atoms with Gasteiger partial charge in [-0.25, -0.2) is 4.79 Å². The van der Waals surface area contributed by atoms with Crippen molar-refractivity contribution in [3.63, 3.8) is 0 Å². The molecular formula is C13H21F3N2O3. The third-order valence-corrected chi connectivity index (χ3v) is 3.71. The average molecular weight is 310 g/mol. The Morgan fingerprint density at radius 2 is 1.81 bits per heavy atom. The van der Waals surface area contributed by atoms with E-state index in [9.17, 15) is 22.8 Å². The van der Waals surface area contributed by atoms with E-state index in [-0.39, 0.29) is 13.0 Å². The predicted molar refractivity (Wildman–Crippen MR) is 69.9 cm³/mol. The summed E-state index contributed by atoms with van der Waals surface area (Å²) in [5.41, 5.74) is -0.930. The minimum atomic E-state index is -4.47. The second-order valence-corrected chi connectivity index (χ2v) is 5.47. The number of halogens is 3. The highest BCUT2D eigenvalue weighted by atomic mass is 19.4. The zero-order valence-electron chi connectivity index (χ0n) is 12.0. The molecule has 0 unspecified atom stereocenters. The number of carbonyl (C=O) groups excluding carboxylic acids is 1. The number of nitrogens with one attached hydrogen (secondary N) is 1. The van der Waals surface area contributed by atoms with E-state index in [4.69, 9.17) is 5.11 Å². The summed E-state index contributed by atoms with van der Waals surface area (Å²) in [6, 6.07) is -0.849. The summed E-state index contributed by atoms with van der Waals surface area (Å²) >= 11 is 0. The highest BCUT2D eigenvalue weighted by Crippen LogP contribution is 2.31. The molecule has 2 N–H and O–H groups in total. The standard InChI is InChI=1S/C13H21F3N2O3/c1-2-18(9-13(14,15)16)11(21)17-12(8-10(19)20)6-4-3-5-7-12/h2-9H2,1H3,(H,17,21)(H,19,20). The van der Waals surface area contributed by atoms with Gasteiger partial charge in [-0.05, 0) is 19.8 Å². The molecular weight excluding hydrogens is 289 g/mol. The van der Waals surface area contributed by atoms with Gasteiger partial charge in [0.15, 0.2) is 0 Å². The molecule has 8 heteroatoms. The van der Waals surface area contributed by atoms with Gasteiger partial charge in [-0.3, -0.25) is 4.79 Å². The molecule has 1 fully saturated rings. The van der Waals surface area contributed by atoms with Crippen LogP contribution in [0.2, 0.25) is 0 Å². The van der Waals surface area contributed by atoms with Crippen LogP contribution in [0.15, 0.2) is 0 Å². The predicted octanol–water partition coefficient (Wildman–Crippen LogP) is 2.76. The number of hydrogen-bond acceptors (Lipinski definition) is 2. The van der Waals surface area contributed by atoms with Crippen molar-refractivity contribution < 1.29 is 27.9 Å². The van der Waals surface area contributed by atoms with Gasteiger partial charge in [0.25, 0.3) is 0 Å². The first-order valence-electron chi connectivity index (χ1n) is 7.03. The van der Waals surface area contributed by atoms with Crippen molar-refractivity contribution in [3.05, 3.63) is 0 Å². The van der Waals surface area contributed by atoms with E-state index in [1.807, 2.05) is 0 Å². The quantitative estimate of drug-likeness (QED) is 0.820. The van der Waals surface area contributed by atoms with E-state index in [2.05, 4.69) is 5.32 Å². The lowest BCUT2D eigenvalue weighted by atomic mass is 9.79. The number of carboxylic acid groups (broad SMARTS) is 1. The summed E-state index contributed by atoms with van der Waals surface area (Å²) in [4.78, 5) is 23.7. The van der Waals surface area contributed by atoms with Crippen LogP contribution in [0.25, 0.3) is 0 Å². The van der Waals surface area contributed by atoms with E-state index < -0.39 is 30.3 Å². The first-order valence-corrected chi connectivity index (χ1v) is 7.03. The maximum Gasteiger partial charge on any atom is 0.406 e. The molecule has 122 valence electrons. The van der Waals surface area contributed by atoms with E-state index in [0.717, 1.165) is 19.3 Å². The molecule has 0 aliphatic heterocycles. The highest BCUT2D eigenvalue weighted by molar-refractivity contribution is 5.77. The van der Waals surface area contributed by atoms with Crippen molar-refractivity contribution in [2.24, 2.45) is 0 Å². The fourth-order valence-electron chi connectivity index (χ4n) is 2.71. The third-order valence-electron chi connectivity index (χ3n) is 3.71. The summed E-state index contributed by atoms with van der Waals surface area (Å²) in [5.74, 6) is -1.06.